The average Bonchev–Trinajstić information content (AvgIpc) is 2.72. The molecule has 28 heavy (non-hydrogen) atoms. The summed E-state index contributed by atoms with van der Waals surface area (Å²) in [7, 11) is -2.28. The molecule has 1 fully saturated rings. The molecule has 0 saturated heterocycles. The smallest absolute Gasteiger partial charge is 0.339 e. The number of carbonyl (C=O) groups excluding carboxylic acids is 1. The average molecular weight is 423 g/mol. The van der Waals surface area contributed by atoms with Gasteiger partial charge in [-0.3, -0.25) is 9.29 Å². The number of benzene rings is 1. The van der Waals surface area contributed by atoms with Crippen LogP contribution in [0.15, 0.2) is 42.6 Å². The van der Waals surface area contributed by atoms with Crippen molar-refractivity contribution in [2.45, 2.75) is 43.9 Å². The highest BCUT2D eigenvalue weighted by Crippen LogP contribution is 2.31. The van der Waals surface area contributed by atoms with Gasteiger partial charge in [-0.25, -0.2) is 13.2 Å². The van der Waals surface area contributed by atoms with Crippen LogP contribution >= 0.6 is 11.6 Å². The fourth-order valence-corrected chi connectivity index (χ4v) is 5.60. The molecule has 1 aromatic heterocycles. The Morgan fingerprint density at radius 1 is 1.21 bits per heavy atom. The summed E-state index contributed by atoms with van der Waals surface area (Å²) in [6, 6.07) is 10.0. The van der Waals surface area contributed by atoms with Crippen LogP contribution in [0.2, 0.25) is 5.02 Å². The molecule has 1 aliphatic rings. The lowest BCUT2D eigenvalue weighted by Crippen LogP contribution is -2.39. The number of ether oxygens (including phenoxy) is 1. The van der Waals surface area contributed by atoms with E-state index in [4.69, 9.17) is 11.6 Å². The fourth-order valence-electron chi connectivity index (χ4n) is 3.41. The van der Waals surface area contributed by atoms with E-state index in [-0.39, 0.29) is 6.54 Å². The lowest BCUT2D eigenvalue weighted by Gasteiger charge is -2.31. The van der Waals surface area contributed by atoms with Crippen molar-refractivity contribution in [1.29, 1.82) is 0 Å². The van der Waals surface area contributed by atoms with Crippen LogP contribution < -0.4 is 4.31 Å². The molecule has 0 spiro atoms. The number of nitrogens with zero attached hydrogens (tertiary/aromatic N) is 2. The van der Waals surface area contributed by atoms with Gasteiger partial charge in [0.1, 0.15) is 0 Å². The lowest BCUT2D eigenvalue weighted by molar-refractivity contribution is 0.0600. The van der Waals surface area contributed by atoms with Crippen molar-refractivity contribution in [3.8, 4) is 0 Å². The molecule has 0 aliphatic heterocycles. The van der Waals surface area contributed by atoms with Gasteiger partial charge >= 0.3 is 5.97 Å². The third-order valence-electron chi connectivity index (χ3n) is 4.93. The molecule has 0 N–H and O–H groups in total. The molecular weight excluding hydrogens is 400 g/mol. The monoisotopic (exact) mass is 422 g/mol. The van der Waals surface area contributed by atoms with Gasteiger partial charge in [-0.1, -0.05) is 36.9 Å². The van der Waals surface area contributed by atoms with Crippen molar-refractivity contribution in [3.63, 3.8) is 0 Å². The van der Waals surface area contributed by atoms with E-state index in [1.807, 2.05) is 0 Å². The first-order chi connectivity index (χ1) is 13.4. The number of hydrogen-bond donors (Lipinski definition) is 0. The summed E-state index contributed by atoms with van der Waals surface area (Å²) in [5.41, 5.74) is 1.36. The fraction of sp³-hybridized carbons (Fsp3) is 0.400. The number of anilines is 1. The Balaban J connectivity index is 1.93. The van der Waals surface area contributed by atoms with Crippen LogP contribution in [0, 0.1) is 0 Å². The van der Waals surface area contributed by atoms with Crippen LogP contribution in [0.25, 0.3) is 0 Å². The Morgan fingerprint density at radius 2 is 1.96 bits per heavy atom. The zero-order chi connectivity index (χ0) is 20.1. The lowest BCUT2D eigenvalue weighted by atomic mass is 10.0. The minimum absolute atomic E-state index is 0.0701. The van der Waals surface area contributed by atoms with E-state index in [2.05, 4.69) is 9.72 Å². The number of esters is 1. The number of pyridine rings is 1. The van der Waals surface area contributed by atoms with E-state index in [1.54, 1.807) is 36.4 Å². The van der Waals surface area contributed by atoms with Gasteiger partial charge in [0.15, 0.2) is 0 Å². The van der Waals surface area contributed by atoms with Gasteiger partial charge in [0.05, 0.1) is 35.8 Å². The predicted molar refractivity (Wildman–Crippen MR) is 109 cm³/mol. The maximum absolute atomic E-state index is 13.4. The van der Waals surface area contributed by atoms with Gasteiger partial charge in [-0.15, -0.1) is 0 Å². The number of aromatic nitrogens is 1. The van der Waals surface area contributed by atoms with Crippen molar-refractivity contribution in [1.82, 2.24) is 4.98 Å². The van der Waals surface area contributed by atoms with Crippen molar-refractivity contribution in [3.05, 3.63) is 58.9 Å². The molecule has 0 bridgehead atoms. The molecule has 8 heteroatoms. The third-order valence-corrected chi connectivity index (χ3v) is 7.43. The maximum atomic E-state index is 13.4. The molecule has 150 valence electrons. The Bertz CT molecular complexity index is 925. The Labute approximate surface area is 170 Å². The highest BCUT2D eigenvalue weighted by atomic mass is 35.5. The summed E-state index contributed by atoms with van der Waals surface area (Å²) in [5.74, 6) is -0.486. The summed E-state index contributed by atoms with van der Waals surface area (Å²) >= 11 is 6.11. The van der Waals surface area contributed by atoms with E-state index in [0.717, 1.165) is 19.3 Å². The normalized spacial score (nSPS) is 15.2. The van der Waals surface area contributed by atoms with Crippen LogP contribution in [0.3, 0.4) is 0 Å². The second-order valence-corrected chi connectivity index (χ2v) is 9.40. The number of methoxy groups -OCH3 is 1. The zero-order valence-corrected chi connectivity index (χ0v) is 17.2. The largest absolute Gasteiger partial charge is 0.465 e. The number of hydrogen-bond acceptors (Lipinski definition) is 5. The van der Waals surface area contributed by atoms with Gasteiger partial charge < -0.3 is 4.74 Å². The summed E-state index contributed by atoms with van der Waals surface area (Å²) in [4.78, 5) is 15.8. The van der Waals surface area contributed by atoms with Gasteiger partial charge in [0.2, 0.25) is 10.0 Å². The van der Waals surface area contributed by atoms with Crippen molar-refractivity contribution < 1.29 is 17.9 Å². The second-order valence-electron chi connectivity index (χ2n) is 6.82. The first-order valence-corrected chi connectivity index (χ1v) is 11.1. The van der Waals surface area contributed by atoms with Crippen LogP contribution in [-0.4, -0.2) is 31.7 Å². The van der Waals surface area contributed by atoms with E-state index in [1.165, 1.54) is 17.6 Å². The van der Waals surface area contributed by atoms with E-state index in [0.29, 0.717) is 34.8 Å². The van der Waals surface area contributed by atoms with Gasteiger partial charge in [-0.2, -0.15) is 0 Å². The summed E-state index contributed by atoms with van der Waals surface area (Å²) in [6.45, 7) is 0.0701. The van der Waals surface area contributed by atoms with Crippen LogP contribution in [0.4, 0.5) is 5.69 Å². The summed E-state index contributed by atoms with van der Waals surface area (Å²) < 4.78 is 32.9. The van der Waals surface area contributed by atoms with Gasteiger partial charge in [0, 0.05) is 11.2 Å². The maximum Gasteiger partial charge on any atom is 0.339 e. The molecule has 0 amide bonds. The number of rotatable bonds is 6. The number of halogens is 1. The molecular formula is C20H23ClN2O4S. The predicted octanol–water partition coefficient (Wildman–Crippen LogP) is 4.19. The first kappa shape index (κ1) is 20.6. The topological polar surface area (TPSA) is 76.6 Å². The number of sulfonamides is 1. The van der Waals surface area contributed by atoms with Crippen LogP contribution in [0.5, 0.6) is 0 Å². The first-order valence-electron chi connectivity index (χ1n) is 9.22. The number of carbonyl (C=O) groups is 1. The highest BCUT2D eigenvalue weighted by molar-refractivity contribution is 7.93. The standard InChI is InChI=1S/C20H23ClN2O4S/c1-27-20(24)15-10-11-17(22-13-15)14-23(18-7-5-6-16(21)12-18)28(25,26)19-8-3-2-4-9-19/h5-7,10-13,19H,2-4,8-9,14H2,1H3. The van der Waals surface area contributed by atoms with Gasteiger partial charge in [-0.05, 0) is 43.2 Å². The minimum Gasteiger partial charge on any atom is -0.465 e. The molecule has 0 unspecified atom stereocenters. The van der Waals surface area contributed by atoms with Crippen molar-refractivity contribution >= 4 is 33.3 Å². The van der Waals surface area contributed by atoms with Crippen LogP contribution in [0.1, 0.15) is 48.2 Å². The Hall–Kier alpha value is -2.12. The molecule has 1 aromatic carbocycles. The third kappa shape index (κ3) is 4.64. The van der Waals surface area contributed by atoms with Crippen molar-refractivity contribution in [2.24, 2.45) is 0 Å². The molecule has 6 nitrogen and oxygen atoms in total. The Morgan fingerprint density at radius 3 is 2.57 bits per heavy atom. The molecule has 1 saturated carbocycles. The molecule has 3 rings (SSSR count). The zero-order valence-electron chi connectivity index (χ0n) is 15.7. The highest BCUT2D eigenvalue weighted by Gasteiger charge is 2.33. The van der Waals surface area contributed by atoms with E-state index >= 15 is 0 Å². The minimum atomic E-state index is -3.58. The molecule has 1 heterocycles. The Kier molecular flexibility index (Phi) is 6.57. The summed E-state index contributed by atoms with van der Waals surface area (Å²) in [5, 5.41) is 0.0601. The summed E-state index contributed by atoms with van der Waals surface area (Å²) in [6.07, 6.45) is 5.62. The van der Waals surface area contributed by atoms with Crippen molar-refractivity contribution in [2.75, 3.05) is 11.4 Å². The SMILES string of the molecule is COC(=O)c1ccc(CN(c2cccc(Cl)c2)S(=O)(=O)C2CCCCC2)nc1. The van der Waals surface area contributed by atoms with E-state index < -0.39 is 21.2 Å². The van der Waals surface area contributed by atoms with Gasteiger partial charge in [0.25, 0.3) is 0 Å². The molecule has 0 radical (unpaired) electrons. The molecule has 0 atom stereocenters. The quantitative estimate of drug-likeness (QED) is 0.652. The molecule has 1 aliphatic carbocycles. The molecule has 2 aromatic rings. The van der Waals surface area contributed by atoms with E-state index in [9.17, 15) is 13.2 Å². The van der Waals surface area contributed by atoms with Crippen LogP contribution in [-0.2, 0) is 21.3 Å². The second kappa shape index (κ2) is 8.92.